The minimum absolute atomic E-state index is 0.105. The molecule has 0 aliphatic rings. The van der Waals surface area contributed by atoms with Gasteiger partial charge in [0.05, 0.1) is 25.0 Å². The van der Waals surface area contributed by atoms with E-state index in [1.165, 1.54) is 4.90 Å². The molecule has 2 heterocycles. The second-order valence-electron chi connectivity index (χ2n) is 4.61. The smallest absolute Gasteiger partial charge is 0.322 e. The highest BCUT2D eigenvalue weighted by Gasteiger charge is 2.16. The van der Waals surface area contributed by atoms with E-state index in [-0.39, 0.29) is 19.2 Å². The lowest BCUT2D eigenvalue weighted by Crippen LogP contribution is -2.37. The first-order valence-electron chi connectivity index (χ1n) is 6.79. The van der Waals surface area contributed by atoms with Crippen molar-refractivity contribution < 1.29 is 9.90 Å². The molecule has 21 heavy (non-hydrogen) atoms. The molecule has 0 saturated heterocycles. The highest BCUT2D eigenvalue weighted by Crippen LogP contribution is 2.08. The Balaban J connectivity index is 2.03. The lowest BCUT2D eigenvalue weighted by atomic mass is 10.4. The van der Waals surface area contributed by atoms with E-state index < -0.39 is 0 Å². The normalized spacial score (nSPS) is 10.6. The first-order chi connectivity index (χ1) is 10.1. The second-order valence-corrected chi connectivity index (χ2v) is 4.61. The molecule has 0 bridgehead atoms. The van der Waals surface area contributed by atoms with Crippen molar-refractivity contribution >= 4 is 11.7 Å². The van der Waals surface area contributed by atoms with Gasteiger partial charge in [0.25, 0.3) is 0 Å². The van der Waals surface area contributed by atoms with Crippen LogP contribution in [0.15, 0.2) is 24.8 Å². The first kappa shape index (κ1) is 15.0. The van der Waals surface area contributed by atoms with Crippen molar-refractivity contribution in [2.24, 2.45) is 7.05 Å². The zero-order valence-corrected chi connectivity index (χ0v) is 12.2. The number of hydrogen-bond acceptors (Lipinski definition) is 4. The molecule has 2 N–H and O–H groups in total. The molecule has 2 aromatic heterocycles. The molecule has 114 valence electrons. The summed E-state index contributed by atoms with van der Waals surface area (Å²) in [5.41, 5.74) is 0.629. The number of urea groups is 1. The number of aliphatic hydroxyl groups excluding tert-OH is 1. The summed E-state index contributed by atoms with van der Waals surface area (Å²) in [5, 5.41) is 16.0. The van der Waals surface area contributed by atoms with Crippen LogP contribution in [0.5, 0.6) is 0 Å². The van der Waals surface area contributed by atoms with Gasteiger partial charge < -0.3 is 19.9 Å². The Morgan fingerprint density at radius 3 is 2.90 bits per heavy atom. The van der Waals surface area contributed by atoms with Gasteiger partial charge in [-0.05, 0) is 6.92 Å². The zero-order chi connectivity index (χ0) is 15.2. The second kappa shape index (κ2) is 6.89. The molecule has 8 nitrogen and oxygen atoms in total. The fourth-order valence-corrected chi connectivity index (χ4v) is 1.90. The van der Waals surface area contributed by atoms with E-state index in [2.05, 4.69) is 15.4 Å². The number of carbonyl (C=O) groups excluding carboxylic acids is 1. The van der Waals surface area contributed by atoms with E-state index in [1.807, 2.05) is 24.7 Å². The highest BCUT2D eigenvalue weighted by molar-refractivity contribution is 5.88. The maximum Gasteiger partial charge on any atom is 0.322 e. The summed E-state index contributed by atoms with van der Waals surface area (Å²) in [6.07, 6.45) is 6.85. The average Bonchev–Trinajstić information content (AvgIpc) is 3.08. The van der Waals surface area contributed by atoms with E-state index in [4.69, 9.17) is 5.11 Å². The Kier molecular flexibility index (Phi) is 4.94. The van der Waals surface area contributed by atoms with Gasteiger partial charge in [0.15, 0.2) is 0 Å². The van der Waals surface area contributed by atoms with Crippen molar-refractivity contribution in [3.05, 3.63) is 30.6 Å². The average molecular weight is 292 g/mol. The topological polar surface area (TPSA) is 88.2 Å². The maximum absolute atomic E-state index is 12.3. The summed E-state index contributed by atoms with van der Waals surface area (Å²) in [6.45, 7) is 3.17. The molecule has 8 heteroatoms. The van der Waals surface area contributed by atoms with Gasteiger partial charge in [-0.1, -0.05) is 0 Å². The summed E-state index contributed by atoms with van der Waals surface area (Å²) in [5.74, 6) is 0.753. The SMILES string of the molecule is CCn1cc(NC(=O)N(CCO)Cc2nccn2C)cn1. The Bertz CT molecular complexity index is 591. The summed E-state index contributed by atoms with van der Waals surface area (Å²) in [6, 6.07) is -0.289. The molecule has 2 rings (SSSR count). The molecular weight excluding hydrogens is 272 g/mol. The van der Waals surface area contributed by atoms with E-state index in [0.717, 1.165) is 12.4 Å². The van der Waals surface area contributed by atoms with Crippen molar-refractivity contribution in [1.82, 2.24) is 24.2 Å². The predicted octanol–water partition coefficient (Wildman–Crippen LogP) is 0.663. The van der Waals surface area contributed by atoms with Crippen LogP contribution >= 0.6 is 0 Å². The fourth-order valence-electron chi connectivity index (χ4n) is 1.90. The lowest BCUT2D eigenvalue weighted by molar-refractivity contribution is 0.183. The number of aromatic nitrogens is 4. The van der Waals surface area contributed by atoms with Crippen LogP contribution in [0.3, 0.4) is 0 Å². The van der Waals surface area contributed by atoms with Crippen LogP contribution in [-0.2, 0) is 20.1 Å². The number of hydrogen-bond donors (Lipinski definition) is 2. The van der Waals surface area contributed by atoms with E-state index in [9.17, 15) is 4.79 Å². The summed E-state index contributed by atoms with van der Waals surface area (Å²) < 4.78 is 3.57. The molecule has 0 fully saturated rings. The van der Waals surface area contributed by atoms with E-state index in [0.29, 0.717) is 12.2 Å². The van der Waals surface area contributed by atoms with Crippen LogP contribution in [-0.4, -0.2) is 48.5 Å². The molecule has 0 aromatic carbocycles. The van der Waals surface area contributed by atoms with Crippen LogP contribution in [0.1, 0.15) is 12.7 Å². The molecule has 2 aromatic rings. The van der Waals surface area contributed by atoms with Crippen molar-refractivity contribution in [3.8, 4) is 0 Å². The quantitative estimate of drug-likeness (QED) is 0.819. The maximum atomic E-state index is 12.3. The largest absolute Gasteiger partial charge is 0.395 e. The summed E-state index contributed by atoms with van der Waals surface area (Å²) >= 11 is 0. The number of amides is 2. The number of aliphatic hydroxyl groups is 1. The molecule has 0 aliphatic carbocycles. The number of rotatable bonds is 6. The van der Waals surface area contributed by atoms with Gasteiger partial charge in [0, 0.05) is 38.7 Å². The molecular formula is C13H20N6O2. The Hall–Kier alpha value is -2.35. The lowest BCUT2D eigenvalue weighted by Gasteiger charge is -2.21. The van der Waals surface area contributed by atoms with E-state index in [1.54, 1.807) is 23.3 Å². The minimum atomic E-state index is -0.289. The number of nitrogens with zero attached hydrogens (tertiary/aromatic N) is 5. The van der Waals surface area contributed by atoms with Crippen molar-refractivity contribution in [2.45, 2.75) is 20.0 Å². The van der Waals surface area contributed by atoms with Gasteiger partial charge in [0.2, 0.25) is 0 Å². The number of imidazole rings is 1. The summed E-state index contributed by atoms with van der Waals surface area (Å²) in [4.78, 5) is 18.0. The predicted molar refractivity (Wildman–Crippen MR) is 77.6 cm³/mol. The van der Waals surface area contributed by atoms with Crippen LogP contribution < -0.4 is 5.32 Å². The fraction of sp³-hybridized carbons (Fsp3) is 0.462. The standard InChI is InChI=1S/C13H20N6O2/c1-3-19-9-11(8-15-19)16-13(21)18(6-7-20)10-12-14-4-5-17(12)2/h4-5,8-9,20H,3,6-7,10H2,1-2H3,(H,16,21). The van der Waals surface area contributed by atoms with Crippen molar-refractivity contribution in [1.29, 1.82) is 0 Å². The van der Waals surface area contributed by atoms with E-state index >= 15 is 0 Å². The van der Waals surface area contributed by atoms with Crippen LogP contribution in [0, 0.1) is 0 Å². The molecule has 0 atom stereocenters. The van der Waals surface area contributed by atoms with Crippen LogP contribution in [0.25, 0.3) is 0 Å². The first-order valence-corrected chi connectivity index (χ1v) is 6.79. The molecule has 0 saturated carbocycles. The molecule has 0 spiro atoms. The van der Waals surface area contributed by atoms with Crippen molar-refractivity contribution in [3.63, 3.8) is 0 Å². The third kappa shape index (κ3) is 3.82. The number of carbonyl (C=O) groups is 1. The Morgan fingerprint density at radius 2 is 2.33 bits per heavy atom. The molecule has 0 aliphatic heterocycles. The zero-order valence-electron chi connectivity index (χ0n) is 12.2. The van der Waals surface area contributed by atoms with Gasteiger partial charge in [-0.25, -0.2) is 9.78 Å². The minimum Gasteiger partial charge on any atom is -0.395 e. The van der Waals surface area contributed by atoms with Gasteiger partial charge in [-0.15, -0.1) is 0 Å². The number of aryl methyl sites for hydroxylation is 2. The Morgan fingerprint density at radius 1 is 1.52 bits per heavy atom. The number of anilines is 1. The van der Waals surface area contributed by atoms with Gasteiger partial charge in [-0.3, -0.25) is 4.68 Å². The van der Waals surface area contributed by atoms with Crippen LogP contribution in [0.4, 0.5) is 10.5 Å². The van der Waals surface area contributed by atoms with Gasteiger partial charge in [-0.2, -0.15) is 5.10 Å². The Labute approximate surface area is 123 Å². The highest BCUT2D eigenvalue weighted by atomic mass is 16.3. The number of nitrogens with one attached hydrogen (secondary N) is 1. The third-order valence-corrected chi connectivity index (χ3v) is 3.12. The van der Waals surface area contributed by atoms with Crippen molar-refractivity contribution in [2.75, 3.05) is 18.5 Å². The summed E-state index contributed by atoms with van der Waals surface area (Å²) in [7, 11) is 1.86. The van der Waals surface area contributed by atoms with Crippen LogP contribution in [0.2, 0.25) is 0 Å². The van der Waals surface area contributed by atoms with Gasteiger partial charge in [0.1, 0.15) is 5.82 Å². The molecule has 0 unspecified atom stereocenters. The van der Waals surface area contributed by atoms with Gasteiger partial charge >= 0.3 is 6.03 Å². The third-order valence-electron chi connectivity index (χ3n) is 3.12. The monoisotopic (exact) mass is 292 g/mol. The molecule has 2 amide bonds. The molecule has 0 radical (unpaired) electrons.